The smallest absolute Gasteiger partial charge is 0.228 e. The molecule has 3 heterocycles. The molecule has 3 fully saturated rings. The molecular weight excluding hydrogens is 310 g/mol. The first-order chi connectivity index (χ1) is 11.2. The lowest BCUT2D eigenvalue weighted by Gasteiger charge is -2.44. The van der Waals surface area contributed by atoms with Crippen LogP contribution >= 0.6 is 11.3 Å². The number of likely N-dealkylation sites (tertiary alicyclic amines) is 1. The number of rotatable bonds is 3. The van der Waals surface area contributed by atoms with Gasteiger partial charge >= 0.3 is 0 Å². The zero-order chi connectivity index (χ0) is 15.8. The van der Waals surface area contributed by atoms with Crippen LogP contribution in [-0.4, -0.2) is 59.1 Å². The first-order valence-electron chi connectivity index (χ1n) is 8.76. The molecule has 3 aliphatic rings. The van der Waals surface area contributed by atoms with Crippen molar-refractivity contribution in [2.45, 2.75) is 51.3 Å². The van der Waals surface area contributed by atoms with E-state index in [0.29, 0.717) is 19.7 Å². The molecule has 2 saturated heterocycles. The lowest BCUT2D eigenvalue weighted by atomic mass is 9.86. The van der Waals surface area contributed by atoms with E-state index in [2.05, 4.69) is 15.3 Å². The normalized spacial score (nSPS) is 30.0. The Hall–Kier alpha value is -0.980. The number of carbonyl (C=O) groups is 1. The second kappa shape index (κ2) is 6.49. The highest BCUT2D eigenvalue weighted by molar-refractivity contribution is 7.09. The van der Waals surface area contributed by atoms with Gasteiger partial charge in [-0.1, -0.05) is 6.42 Å². The second-order valence-electron chi connectivity index (χ2n) is 7.00. The molecule has 2 aliphatic heterocycles. The van der Waals surface area contributed by atoms with Crippen LogP contribution in [0.25, 0.3) is 0 Å². The van der Waals surface area contributed by atoms with E-state index in [-0.39, 0.29) is 17.9 Å². The molecule has 0 bridgehead atoms. The Balaban J connectivity index is 1.42. The summed E-state index contributed by atoms with van der Waals surface area (Å²) in [4.78, 5) is 22.0. The van der Waals surface area contributed by atoms with Crippen LogP contribution in [-0.2, 0) is 16.1 Å². The number of hydrogen-bond acceptors (Lipinski definition) is 5. The van der Waals surface area contributed by atoms with Crippen molar-refractivity contribution >= 4 is 17.2 Å². The number of hydrogen-bond donors (Lipinski definition) is 0. The van der Waals surface area contributed by atoms with E-state index in [4.69, 9.17) is 4.74 Å². The molecule has 2 atom stereocenters. The van der Waals surface area contributed by atoms with Crippen LogP contribution in [0.3, 0.4) is 0 Å². The van der Waals surface area contributed by atoms with Gasteiger partial charge in [0.25, 0.3) is 0 Å². The number of thiazole rings is 1. The number of fused-ring (bicyclic) bond motifs is 1. The van der Waals surface area contributed by atoms with Gasteiger partial charge in [0.05, 0.1) is 35.9 Å². The number of piperidine rings is 1. The monoisotopic (exact) mass is 335 g/mol. The van der Waals surface area contributed by atoms with Crippen LogP contribution in [0.5, 0.6) is 0 Å². The average molecular weight is 335 g/mol. The van der Waals surface area contributed by atoms with Gasteiger partial charge in [-0.05, 0) is 32.7 Å². The van der Waals surface area contributed by atoms with E-state index in [1.54, 1.807) is 11.3 Å². The zero-order valence-electron chi connectivity index (χ0n) is 13.7. The Morgan fingerprint density at radius 3 is 2.91 bits per heavy atom. The molecule has 0 spiro atoms. The Kier molecular flexibility index (Phi) is 4.39. The zero-order valence-corrected chi connectivity index (χ0v) is 14.6. The predicted octanol–water partition coefficient (Wildman–Crippen LogP) is 2.05. The lowest BCUT2D eigenvalue weighted by molar-refractivity contribution is -0.140. The summed E-state index contributed by atoms with van der Waals surface area (Å²) < 4.78 is 6.08. The van der Waals surface area contributed by atoms with E-state index >= 15 is 0 Å². The van der Waals surface area contributed by atoms with Crippen molar-refractivity contribution in [2.24, 2.45) is 5.92 Å². The highest BCUT2D eigenvalue weighted by Gasteiger charge is 2.41. The summed E-state index contributed by atoms with van der Waals surface area (Å²) in [6.45, 7) is 5.95. The molecule has 0 aromatic carbocycles. The largest absolute Gasteiger partial charge is 0.374 e. The Bertz CT molecular complexity index is 572. The molecule has 1 amide bonds. The second-order valence-corrected chi connectivity index (χ2v) is 8.06. The van der Waals surface area contributed by atoms with Gasteiger partial charge in [0.15, 0.2) is 0 Å². The van der Waals surface area contributed by atoms with Crippen LogP contribution < -0.4 is 0 Å². The Morgan fingerprint density at radius 2 is 2.22 bits per heavy atom. The molecule has 0 radical (unpaired) electrons. The molecule has 0 N–H and O–H groups in total. The van der Waals surface area contributed by atoms with Gasteiger partial charge in [-0.2, -0.15) is 0 Å². The topological polar surface area (TPSA) is 45.7 Å². The minimum Gasteiger partial charge on any atom is -0.374 e. The molecule has 6 heteroatoms. The quantitative estimate of drug-likeness (QED) is 0.848. The average Bonchev–Trinajstić information content (AvgIpc) is 2.82. The summed E-state index contributed by atoms with van der Waals surface area (Å²) in [7, 11) is 0. The fourth-order valence-corrected chi connectivity index (χ4v) is 4.57. The summed E-state index contributed by atoms with van der Waals surface area (Å²) in [5.74, 6) is 0.306. The van der Waals surface area contributed by atoms with Crippen LogP contribution in [0.15, 0.2) is 5.38 Å². The Labute approximate surface area is 141 Å². The molecule has 126 valence electrons. The SMILES string of the molecule is Cc1nc(CN2CCO[C@H]3CN(C4CCC4)CC[C@H]3C2=O)cs1. The van der Waals surface area contributed by atoms with Crippen molar-refractivity contribution in [1.29, 1.82) is 0 Å². The number of aryl methyl sites for hydroxylation is 1. The lowest BCUT2D eigenvalue weighted by Crippen LogP contribution is -2.53. The van der Waals surface area contributed by atoms with Crippen molar-refractivity contribution in [1.82, 2.24) is 14.8 Å². The standard InChI is InChI=1S/C17H25N3O2S/c1-12-18-13(11-23-12)9-20-7-8-22-16-10-19(14-3-2-4-14)6-5-15(16)17(20)21/h11,14-16H,2-10H2,1H3/t15-,16+/m1/s1. The van der Waals surface area contributed by atoms with E-state index < -0.39 is 0 Å². The fourth-order valence-electron chi connectivity index (χ4n) is 3.97. The van der Waals surface area contributed by atoms with Gasteiger partial charge in [-0.25, -0.2) is 4.98 Å². The molecule has 5 nitrogen and oxygen atoms in total. The third-order valence-electron chi connectivity index (χ3n) is 5.52. The minimum absolute atomic E-state index is 0.0357. The van der Waals surface area contributed by atoms with Crippen LogP contribution in [0, 0.1) is 12.8 Å². The fraction of sp³-hybridized carbons (Fsp3) is 0.765. The molecule has 1 aromatic rings. The van der Waals surface area contributed by atoms with Crippen molar-refractivity contribution in [3.05, 3.63) is 16.1 Å². The summed E-state index contributed by atoms with van der Waals surface area (Å²) in [5, 5.41) is 3.12. The molecule has 23 heavy (non-hydrogen) atoms. The number of ether oxygens (including phenoxy) is 1. The number of amides is 1. The molecule has 1 aromatic heterocycles. The van der Waals surface area contributed by atoms with Gasteiger partial charge in [0, 0.05) is 24.5 Å². The highest BCUT2D eigenvalue weighted by atomic mass is 32.1. The van der Waals surface area contributed by atoms with Crippen molar-refractivity contribution < 1.29 is 9.53 Å². The van der Waals surface area contributed by atoms with Crippen LogP contribution in [0.4, 0.5) is 0 Å². The number of nitrogens with zero attached hydrogens (tertiary/aromatic N) is 3. The Morgan fingerprint density at radius 1 is 1.35 bits per heavy atom. The highest BCUT2D eigenvalue weighted by Crippen LogP contribution is 2.32. The minimum atomic E-state index is 0.0357. The van der Waals surface area contributed by atoms with Crippen molar-refractivity contribution in [3.8, 4) is 0 Å². The predicted molar refractivity (Wildman–Crippen MR) is 89.3 cm³/mol. The maximum absolute atomic E-state index is 13.0. The molecular formula is C17H25N3O2S. The van der Waals surface area contributed by atoms with Gasteiger partial charge in [0.2, 0.25) is 5.91 Å². The van der Waals surface area contributed by atoms with E-state index in [1.807, 2.05) is 11.8 Å². The van der Waals surface area contributed by atoms with Crippen molar-refractivity contribution in [2.75, 3.05) is 26.2 Å². The van der Waals surface area contributed by atoms with E-state index in [0.717, 1.165) is 36.3 Å². The number of aromatic nitrogens is 1. The van der Waals surface area contributed by atoms with Crippen molar-refractivity contribution in [3.63, 3.8) is 0 Å². The molecule has 1 saturated carbocycles. The van der Waals surface area contributed by atoms with Crippen LogP contribution in [0.1, 0.15) is 36.4 Å². The summed E-state index contributed by atoms with van der Waals surface area (Å²) in [6.07, 6.45) is 5.02. The molecule has 0 unspecified atom stereocenters. The third-order valence-corrected chi connectivity index (χ3v) is 6.35. The van der Waals surface area contributed by atoms with Gasteiger partial charge < -0.3 is 9.64 Å². The van der Waals surface area contributed by atoms with E-state index in [9.17, 15) is 4.79 Å². The maximum Gasteiger partial charge on any atom is 0.228 e. The maximum atomic E-state index is 13.0. The van der Waals surface area contributed by atoms with Gasteiger partial charge in [-0.3, -0.25) is 9.69 Å². The third kappa shape index (κ3) is 3.16. The summed E-state index contributed by atoms with van der Waals surface area (Å²) in [6, 6.07) is 0.743. The molecule has 1 aliphatic carbocycles. The van der Waals surface area contributed by atoms with E-state index in [1.165, 1.54) is 19.3 Å². The van der Waals surface area contributed by atoms with Gasteiger partial charge in [-0.15, -0.1) is 11.3 Å². The van der Waals surface area contributed by atoms with Gasteiger partial charge in [0.1, 0.15) is 0 Å². The molecule has 4 rings (SSSR count). The first-order valence-corrected chi connectivity index (χ1v) is 9.64. The van der Waals surface area contributed by atoms with Crippen LogP contribution in [0.2, 0.25) is 0 Å². The summed E-state index contributed by atoms with van der Waals surface area (Å²) in [5.41, 5.74) is 1.01. The first kappa shape index (κ1) is 15.5. The summed E-state index contributed by atoms with van der Waals surface area (Å²) >= 11 is 1.65. The number of carbonyl (C=O) groups excluding carboxylic acids is 1.